The third-order valence-corrected chi connectivity index (χ3v) is 6.14. The fourth-order valence-electron chi connectivity index (χ4n) is 2.80. The van der Waals surface area contributed by atoms with Crippen LogP contribution in [0.4, 0.5) is 4.39 Å². The number of hydrogen-bond donors (Lipinski definition) is 1. The molecule has 0 aliphatic heterocycles. The Morgan fingerprint density at radius 2 is 1.76 bits per heavy atom. The molecule has 1 N–H and O–H groups in total. The molecule has 0 fully saturated rings. The summed E-state index contributed by atoms with van der Waals surface area (Å²) in [5.74, 6) is -1.26. The van der Waals surface area contributed by atoms with Crippen LogP contribution < -0.4 is 5.32 Å². The summed E-state index contributed by atoms with van der Waals surface area (Å²) in [6, 6.07) is 15.0. The molecule has 1 amide bonds. The molecule has 1 heterocycles. The van der Waals surface area contributed by atoms with Crippen molar-refractivity contribution < 1.29 is 22.0 Å². The molecule has 2 aromatic carbocycles. The minimum Gasteiger partial charge on any atom is -0.455 e. The lowest BCUT2D eigenvalue weighted by Gasteiger charge is -2.13. The van der Waals surface area contributed by atoms with E-state index in [2.05, 4.69) is 5.32 Å². The predicted octanol–water partition coefficient (Wildman–Crippen LogP) is 4.68. The van der Waals surface area contributed by atoms with Gasteiger partial charge in [0.25, 0.3) is 5.91 Å². The minimum absolute atomic E-state index is 0.00176. The van der Waals surface area contributed by atoms with Crippen molar-refractivity contribution >= 4 is 27.3 Å². The monoisotopic (exact) mass is 435 g/mol. The van der Waals surface area contributed by atoms with Gasteiger partial charge in [0, 0.05) is 5.02 Å². The number of carbonyl (C=O) groups is 1. The zero-order chi connectivity index (χ0) is 21.0. The maximum Gasteiger partial charge on any atom is 0.287 e. The predicted molar refractivity (Wildman–Crippen MR) is 109 cm³/mol. The second kappa shape index (κ2) is 8.80. The number of nitrogens with one attached hydrogen (secondary N) is 1. The molecular formula is C21H19ClFNO4S. The average Bonchev–Trinajstić information content (AvgIpc) is 3.12. The van der Waals surface area contributed by atoms with E-state index in [1.54, 1.807) is 43.3 Å². The number of carbonyl (C=O) groups excluding carboxylic acids is 1. The summed E-state index contributed by atoms with van der Waals surface area (Å²) >= 11 is 6.02. The van der Waals surface area contributed by atoms with Gasteiger partial charge >= 0.3 is 0 Å². The van der Waals surface area contributed by atoms with E-state index in [0.29, 0.717) is 10.6 Å². The van der Waals surface area contributed by atoms with Crippen LogP contribution in [0, 0.1) is 5.82 Å². The van der Waals surface area contributed by atoms with Gasteiger partial charge in [-0.25, -0.2) is 12.8 Å². The summed E-state index contributed by atoms with van der Waals surface area (Å²) in [7, 11) is -3.54. The lowest BCUT2D eigenvalue weighted by molar-refractivity contribution is 0.0910. The van der Waals surface area contributed by atoms with Gasteiger partial charge in [-0.1, -0.05) is 41.9 Å². The van der Waals surface area contributed by atoms with E-state index in [1.807, 2.05) is 0 Å². The van der Waals surface area contributed by atoms with Crippen LogP contribution in [0.5, 0.6) is 0 Å². The summed E-state index contributed by atoms with van der Waals surface area (Å²) in [5, 5.41) is 3.11. The van der Waals surface area contributed by atoms with Gasteiger partial charge in [-0.05, 0) is 48.4 Å². The first-order valence-corrected chi connectivity index (χ1v) is 11.0. The van der Waals surface area contributed by atoms with Crippen molar-refractivity contribution in [1.82, 2.24) is 5.32 Å². The van der Waals surface area contributed by atoms with E-state index in [1.165, 1.54) is 24.3 Å². The first-order chi connectivity index (χ1) is 13.7. The van der Waals surface area contributed by atoms with Gasteiger partial charge in [0.15, 0.2) is 15.6 Å². The topological polar surface area (TPSA) is 76.4 Å². The van der Waals surface area contributed by atoms with Crippen LogP contribution in [0.3, 0.4) is 0 Å². The van der Waals surface area contributed by atoms with E-state index in [0.717, 1.165) is 5.56 Å². The number of hydrogen-bond acceptors (Lipinski definition) is 4. The molecule has 3 rings (SSSR count). The van der Waals surface area contributed by atoms with Crippen molar-refractivity contribution in [3.8, 4) is 0 Å². The van der Waals surface area contributed by atoms with Crippen LogP contribution in [0.15, 0.2) is 65.1 Å². The summed E-state index contributed by atoms with van der Waals surface area (Å²) in [5.41, 5.74) is 1.24. The highest BCUT2D eigenvalue weighted by molar-refractivity contribution is 7.89. The molecule has 152 valence electrons. The fourth-order valence-corrected chi connectivity index (χ4v) is 4.50. The highest BCUT2D eigenvalue weighted by atomic mass is 35.5. The Morgan fingerprint density at radius 1 is 1.07 bits per heavy atom. The zero-order valence-corrected chi connectivity index (χ0v) is 17.1. The van der Waals surface area contributed by atoms with Crippen LogP contribution in [-0.4, -0.2) is 14.3 Å². The Balaban J connectivity index is 1.64. The summed E-state index contributed by atoms with van der Waals surface area (Å²) in [6.07, 6.45) is 0. The number of sulfone groups is 1. The maximum absolute atomic E-state index is 13.0. The quantitative estimate of drug-likeness (QED) is 0.584. The first-order valence-electron chi connectivity index (χ1n) is 8.82. The Hall–Kier alpha value is -2.64. The fraction of sp³-hybridized carbons (Fsp3) is 0.190. The standard InChI is InChI=1S/C21H19ClFNO4S/c1-14(15-6-8-17(23)9-7-15)24-21(25)20-11-10-18(28-20)13-29(26,27)12-16-4-2-3-5-19(16)22/h2-11,14H,12-13H2,1H3,(H,24,25)/t14-/m1/s1. The molecule has 29 heavy (non-hydrogen) atoms. The van der Waals surface area contributed by atoms with Gasteiger partial charge in [-0.15, -0.1) is 0 Å². The summed E-state index contributed by atoms with van der Waals surface area (Å²) in [4.78, 5) is 12.4. The second-order valence-electron chi connectivity index (χ2n) is 6.64. The number of furan rings is 1. The molecule has 0 saturated carbocycles. The van der Waals surface area contributed by atoms with E-state index in [9.17, 15) is 17.6 Å². The van der Waals surface area contributed by atoms with E-state index in [4.69, 9.17) is 16.0 Å². The summed E-state index contributed by atoms with van der Waals surface area (Å²) < 4.78 is 43.3. The third-order valence-electron chi connectivity index (χ3n) is 4.30. The van der Waals surface area contributed by atoms with Crippen molar-refractivity contribution in [2.24, 2.45) is 0 Å². The van der Waals surface area contributed by atoms with Crippen LogP contribution in [0.2, 0.25) is 5.02 Å². The minimum atomic E-state index is -3.54. The third kappa shape index (κ3) is 5.68. The number of amides is 1. The Morgan fingerprint density at radius 3 is 2.45 bits per heavy atom. The second-order valence-corrected chi connectivity index (χ2v) is 9.11. The van der Waals surface area contributed by atoms with E-state index in [-0.39, 0.29) is 34.9 Å². The van der Waals surface area contributed by atoms with Crippen molar-refractivity contribution in [3.05, 3.63) is 94.2 Å². The molecule has 0 radical (unpaired) electrons. The summed E-state index contributed by atoms with van der Waals surface area (Å²) in [6.45, 7) is 1.75. The van der Waals surface area contributed by atoms with Crippen LogP contribution in [0.1, 0.15) is 40.4 Å². The molecule has 0 aliphatic rings. The molecule has 0 bridgehead atoms. The molecule has 0 spiro atoms. The number of halogens is 2. The number of rotatable bonds is 7. The maximum atomic E-state index is 13.0. The molecule has 1 aromatic heterocycles. The normalized spacial score (nSPS) is 12.5. The first kappa shape index (κ1) is 21.1. The van der Waals surface area contributed by atoms with Gasteiger partial charge in [0.05, 0.1) is 11.8 Å². The molecule has 8 heteroatoms. The largest absolute Gasteiger partial charge is 0.455 e. The van der Waals surface area contributed by atoms with Crippen LogP contribution in [0.25, 0.3) is 0 Å². The Kier molecular flexibility index (Phi) is 6.39. The van der Waals surface area contributed by atoms with Crippen molar-refractivity contribution in [1.29, 1.82) is 0 Å². The van der Waals surface area contributed by atoms with Crippen LogP contribution >= 0.6 is 11.6 Å². The van der Waals surface area contributed by atoms with Gasteiger partial charge < -0.3 is 9.73 Å². The lowest BCUT2D eigenvalue weighted by atomic mass is 10.1. The molecule has 3 aromatic rings. The van der Waals surface area contributed by atoms with Gasteiger partial charge in [0.1, 0.15) is 17.3 Å². The van der Waals surface area contributed by atoms with Gasteiger partial charge in [-0.2, -0.15) is 0 Å². The molecular weight excluding hydrogens is 417 g/mol. The van der Waals surface area contributed by atoms with E-state index >= 15 is 0 Å². The van der Waals surface area contributed by atoms with E-state index < -0.39 is 15.7 Å². The van der Waals surface area contributed by atoms with Crippen molar-refractivity contribution in [3.63, 3.8) is 0 Å². The smallest absolute Gasteiger partial charge is 0.287 e. The molecule has 0 saturated heterocycles. The number of benzene rings is 2. The van der Waals surface area contributed by atoms with Crippen molar-refractivity contribution in [2.75, 3.05) is 0 Å². The Bertz CT molecular complexity index is 1110. The van der Waals surface area contributed by atoms with Gasteiger partial charge in [0.2, 0.25) is 0 Å². The SMILES string of the molecule is C[C@@H](NC(=O)c1ccc(CS(=O)(=O)Cc2ccccc2Cl)o1)c1ccc(F)cc1. The average molecular weight is 436 g/mol. The van der Waals surface area contributed by atoms with Crippen molar-refractivity contribution in [2.45, 2.75) is 24.5 Å². The highest BCUT2D eigenvalue weighted by Gasteiger charge is 2.20. The molecule has 1 atom stereocenters. The molecule has 0 aliphatic carbocycles. The highest BCUT2D eigenvalue weighted by Crippen LogP contribution is 2.21. The molecule has 0 unspecified atom stereocenters. The zero-order valence-electron chi connectivity index (χ0n) is 15.6. The lowest BCUT2D eigenvalue weighted by Crippen LogP contribution is -2.26. The van der Waals surface area contributed by atoms with Crippen LogP contribution in [-0.2, 0) is 21.3 Å². The van der Waals surface area contributed by atoms with Gasteiger partial charge in [-0.3, -0.25) is 4.79 Å². The molecule has 5 nitrogen and oxygen atoms in total. The Labute approximate surface area is 173 Å².